The number of methoxy groups -OCH3 is 1. The number of thiophene rings is 1. The van der Waals surface area contributed by atoms with Gasteiger partial charge in [0.2, 0.25) is 5.13 Å². The fraction of sp³-hybridized carbons (Fsp3) is 0.0870. The fourth-order valence-corrected chi connectivity index (χ4v) is 4.38. The number of hydrogen-bond donors (Lipinski definition) is 0. The van der Waals surface area contributed by atoms with Gasteiger partial charge in [0.1, 0.15) is 5.75 Å². The van der Waals surface area contributed by atoms with Crippen LogP contribution in [0.15, 0.2) is 71.2 Å². The summed E-state index contributed by atoms with van der Waals surface area (Å²) in [6.07, 6.45) is 4.96. The Labute approximate surface area is 182 Å². The summed E-state index contributed by atoms with van der Waals surface area (Å²) in [6, 6.07) is 17.4. The largest absolute Gasteiger partial charge is 0.497 e. The second-order valence-corrected chi connectivity index (χ2v) is 8.47. The Morgan fingerprint density at radius 3 is 2.73 bits per heavy atom. The normalized spacial score (nSPS) is 11.5. The van der Waals surface area contributed by atoms with Gasteiger partial charge in [-0.05, 0) is 72.0 Å². The van der Waals surface area contributed by atoms with Crippen molar-refractivity contribution in [1.29, 1.82) is 0 Å². The van der Waals surface area contributed by atoms with Crippen molar-refractivity contribution in [2.75, 3.05) is 12.1 Å². The Bertz CT molecular complexity index is 1210. The first-order valence-corrected chi connectivity index (χ1v) is 10.9. The van der Waals surface area contributed by atoms with E-state index >= 15 is 0 Å². The molecular formula is C23H19N3O2S2. The predicted molar refractivity (Wildman–Crippen MR) is 126 cm³/mol. The average molecular weight is 434 g/mol. The lowest BCUT2D eigenvalue weighted by molar-refractivity contribution is -0.114. The SMILES string of the molecule is COc1ccc(/C=N/N(C(=O)/C=C/c2cccs2)c2nc3ccc(C)cc3s2)cc1. The van der Waals surface area contributed by atoms with E-state index in [0.717, 1.165) is 32.0 Å². The number of hydrazone groups is 1. The van der Waals surface area contributed by atoms with Crippen molar-refractivity contribution in [3.05, 3.63) is 82.1 Å². The van der Waals surface area contributed by atoms with Gasteiger partial charge in [-0.25, -0.2) is 4.98 Å². The predicted octanol–water partition coefficient (Wildman–Crippen LogP) is 5.76. The molecule has 0 N–H and O–H groups in total. The highest BCUT2D eigenvalue weighted by molar-refractivity contribution is 7.22. The van der Waals surface area contributed by atoms with E-state index < -0.39 is 0 Å². The fourth-order valence-electron chi connectivity index (χ4n) is 2.74. The Kier molecular flexibility index (Phi) is 6.02. The highest BCUT2D eigenvalue weighted by Crippen LogP contribution is 2.30. The number of aromatic nitrogens is 1. The number of benzene rings is 2. The van der Waals surface area contributed by atoms with Gasteiger partial charge in [-0.2, -0.15) is 10.1 Å². The first kappa shape index (κ1) is 20.0. The molecule has 0 spiro atoms. The molecule has 7 heteroatoms. The minimum absolute atomic E-state index is 0.260. The topological polar surface area (TPSA) is 54.8 Å². The minimum Gasteiger partial charge on any atom is -0.497 e. The summed E-state index contributed by atoms with van der Waals surface area (Å²) < 4.78 is 6.21. The standard InChI is InChI=1S/C23H19N3O2S2/c1-16-5-11-20-21(14-16)30-23(25-20)26(22(27)12-10-19-4-3-13-29-19)24-15-17-6-8-18(28-2)9-7-17/h3-15H,1-2H3/b12-10+,24-15+. The Morgan fingerprint density at radius 2 is 2.00 bits per heavy atom. The summed E-state index contributed by atoms with van der Waals surface area (Å²) in [7, 11) is 1.62. The van der Waals surface area contributed by atoms with E-state index in [1.54, 1.807) is 30.7 Å². The number of rotatable bonds is 6. The molecule has 0 radical (unpaired) electrons. The third-order valence-corrected chi connectivity index (χ3v) is 6.13. The molecule has 0 aliphatic heterocycles. The van der Waals surface area contributed by atoms with Crippen LogP contribution in [0.4, 0.5) is 5.13 Å². The zero-order chi connectivity index (χ0) is 20.9. The highest BCUT2D eigenvalue weighted by atomic mass is 32.1. The summed E-state index contributed by atoms with van der Waals surface area (Å²) in [4.78, 5) is 18.6. The summed E-state index contributed by atoms with van der Waals surface area (Å²) >= 11 is 3.01. The number of hydrogen-bond acceptors (Lipinski definition) is 6. The maximum Gasteiger partial charge on any atom is 0.273 e. The number of thiazole rings is 1. The molecule has 0 atom stereocenters. The number of carbonyl (C=O) groups is 1. The van der Waals surface area contributed by atoms with Gasteiger partial charge in [-0.3, -0.25) is 4.79 Å². The lowest BCUT2D eigenvalue weighted by atomic mass is 10.2. The molecule has 0 fully saturated rings. The Hall–Kier alpha value is -3.29. The second-order valence-electron chi connectivity index (χ2n) is 6.48. The zero-order valence-electron chi connectivity index (χ0n) is 16.5. The number of carbonyl (C=O) groups excluding carboxylic acids is 1. The van der Waals surface area contributed by atoms with E-state index in [4.69, 9.17) is 4.74 Å². The molecule has 4 aromatic rings. The molecule has 2 heterocycles. The molecule has 0 aliphatic carbocycles. The monoisotopic (exact) mass is 433 g/mol. The summed E-state index contributed by atoms with van der Waals surface area (Å²) in [6.45, 7) is 2.04. The summed E-state index contributed by atoms with van der Waals surface area (Å²) in [5.41, 5.74) is 2.85. The molecule has 0 unspecified atom stereocenters. The molecule has 150 valence electrons. The van der Waals surface area contributed by atoms with E-state index in [9.17, 15) is 4.79 Å². The van der Waals surface area contributed by atoms with Crippen molar-refractivity contribution in [2.24, 2.45) is 5.10 Å². The van der Waals surface area contributed by atoms with E-state index in [2.05, 4.69) is 16.2 Å². The maximum absolute atomic E-state index is 13.0. The molecule has 5 nitrogen and oxygen atoms in total. The highest BCUT2D eigenvalue weighted by Gasteiger charge is 2.17. The number of ether oxygens (including phenoxy) is 1. The lowest BCUT2D eigenvalue weighted by Crippen LogP contribution is -2.23. The Balaban J connectivity index is 1.67. The van der Waals surface area contributed by atoms with Crippen LogP contribution in [0.3, 0.4) is 0 Å². The van der Waals surface area contributed by atoms with Gasteiger partial charge in [0.25, 0.3) is 5.91 Å². The van der Waals surface area contributed by atoms with Gasteiger partial charge in [-0.15, -0.1) is 11.3 Å². The summed E-state index contributed by atoms with van der Waals surface area (Å²) in [5.74, 6) is 0.504. The van der Waals surface area contributed by atoms with Gasteiger partial charge >= 0.3 is 0 Å². The summed E-state index contributed by atoms with van der Waals surface area (Å²) in [5, 5.41) is 8.30. The number of aryl methyl sites for hydroxylation is 1. The molecule has 1 amide bonds. The van der Waals surface area contributed by atoms with Crippen LogP contribution in [0, 0.1) is 6.92 Å². The zero-order valence-corrected chi connectivity index (χ0v) is 18.1. The van der Waals surface area contributed by atoms with E-state index in [-0.39, 0.29) is 5.91 Å². The molecular weight excluding hydrogens is 414 g/mol. The molecule has 2 aromatic carbocycles. The first-order chi connectivity index (χ1) is 14.6. The van der Waals surface area contributed by atoms with Gasteiger partial charge in [0.05, 0.1) is 23.5 Å². The number of fused-ring (bicyclic) bond motifs is 1. The third kappa shape index (κ3) is 4.64. The van der Waals surface area contributed by atoms with Crippen molar-refractivity contribution in [3.8, 4) is 5.75 Å². The van der Waals surface area contributed by atoms with Crippen LogP contribution in [-0.4, -0.2) is 24.2 Å². The molecule has 0 aliphatic rings. The molecule has 2 aromatic heterocycles. The minimum atomic E-state index is -0.260. The van der Waals surface area contributed by atoms with Crippen molar-refractivity contribution >= 4 is 56.2 Å². The number of anilines is 1. The van der Waals surface area contributed by atoms with Gasteiger partial charge < -0.3 is 4.74 Å². The molecule has 4 rings (SSSR count). The molecule has 30 heavy (non-hydrogen) atoms. The van der Waals surface area contributed by atoms with Crippen molar-refractivity contribution < 1.29 is 9.53 Å². The third-order valence-electron chi connectivity index (χ3n) is 4.29. The van der Waals surface area contributed by atoms with Crippen LogP contribution in [-0.2, 0) is 4.79 Å². The first-order valence-electron chi connectivity index (χ1n) is 9.23. The second kappa shape index (κ2) is 9.02. The van der Waals surface area contributed by atoms with Crippen LogP contribution < -0.4 is 9.75 Å². The van der Waals surface area contributed by atoms with Crippen molar-refractivity contribution in [3.63, 3.8) is 0 Å². The van der Waals surface area contributed by atoms with E-state index in [0.29, 0.717) is 5.13 Å². The van der Waals surface area contributed by atoms with Gasteiger partial charge in [0, 0.05) is 11.0 Å². The van der Waals surface area contributed by atoms with Gasteiger partial charge in [0.15, 0.2) is 0 Å². The quantitative estimate of drug-likeness (QED) is 0.221. The smallest absolute Gasteiger partial charge is 0.273 e. The van der Waals surface area contributed by atoms with E-state index in [1.807, 2.05) is 60.8 Å². The Morgan fingerprint density at radius 1 is 1.17 bits per heavy atom. The van der Waals surface area contributed by atoms with Crippen molar-refractivity contribution in [1.82, 2.24) is 4.98 Å². The molecule has 0 saturated heterocycles. The van der Waals surface area contributed by atoms with Crippen LogP contribution in [0.5, 0.6) is 5.75 Å². The lowest BCUT2D eigenvalue weighted by Gasteiger charge is -2.11. The van der Waals surface area contributed by atoms with Crippen LogP contribution in [0.25, 0.3) is 16.3 Å². The van der Waals surface area contributed by atoms with Crippen LogP contribution in [0.2, 0.25) is 0 Å². The number of amides is 1. The molecule has 0 bridgehead atoms. The molecule has 0 saturated carbocycles. The van der Waals surface area contributed by atoms with Crippen LogP contribution >= 0.6 is 22.7 Å². The van der Waals surface area contributed by atoms with Gasteiger partial charge in [-0.1, -0.05) is 23.5 Å². The maximum atomic E-state index is 13.0. The average Bonchev–Trinajstić information content (AvgIpc) is 3.42. The van der Waals surface area contributed by atoms with E-state index in [1.165, 1.54) is 22.4 Å². The van der Waals surface area contributed by atoms with Crippen LogP contribution in [0.1, 0.15) is 16.0 Å². The van der Waals surface area contributed by atoms with Crippen molar-refractivity contribution in [2.45, 2.75) is 6.92 Å². The number of nitrogens with zero attached hydrogens (tertiary/aromatic N) is 3.